The Morgan fingerprint density at radius 3 is 2.86 bits per heavy atom. The number of carbonyl (C=O) groups excluding carboxylic acids is 1. The number of benzene rings is 1. The van der Waals surface area contributed by atoms with E-state index in [2.05, 4.69) is 10.5 Å². The van der Waals surface area contributed by atoms with Crippen molar-refractivity contribution >= 4 is 56.5 Å². The molecule has 0 spiro atoms. The molecule has 2 heterocycles. The molecule has 0 unspecified atom stereocenters. The molecule has 3 aromatic rings. The average Bonchev–Trinajstić information content (AvgIpc) is 3.03. The lowest BCUT2D eigenvalue weighted by Crippen LogP contribution is -2.16. The van der Waals surface area contributed by atoms with Crippen molar-refractivity contribution in [1.29, 1.82) is 0 Å². The summed E-state index contributed by atoms with van der Waals surface area (Å²) in [7, 11) is 0. The largest absolute Gasteiger partial charge is 0.283 e. The van der Waals surface area contributed by atoms with Gasteiger partial charge in [-0.15, -0.1) is 22.7 Å². The highest BCUT2D eigenvalue weighted by atomic mass is 35.5. The number of nitrogens with zero attached hydrogens (tertiary/aromatic N) is 1. The molecule has 112 valence electrons. The molecule has 0 atom stereocenters. The van der Waals surface area contributed by atoms with E-state index in [9.17, 15) is 4.79 Å². The summed E-state index contributed by atoms with van der Waals surface area (Å²) in [5.74, 6) is -0.283. The maximum Gasteiger partial charge on any atom is 0.283 e. The van der Waals surface area contributed by atoms with Crippen molar-refractivity contribution < 1.29 is 4.79 Å². The van der Waals surface area contributed by atoms with Crippen LogP contribution in [-0.2, 0) is 0 Å². The highest BCUT2D eigenvalue weighted by molar-refractivity contribution is 7.21. The van der Waals surface area contributed by atoms with E-state index < -0.39 is 0 Å². The molecule has 3 nitrogen and oxygen atoms in total. The summed E-state index contributed by atoms with van der Waals surface area (Å²) in [5.41, 5.74) is 4.82. The van der Waals surface area contributed by atoms with E-state index in [4.69, 9.17) is 11.6 Å². The molecule has 0 bridgehead atoms. The zero-order valence-corrected chi connectivity index (χ0v) is 14.4. The van der Waals surface area contributed by atoms with E-state index in [1.54, 1.807) is 17.6 Å². The predicted molar refractivity (Wildman–Crippen MR) is 95.7 cm³/mol. The highest BCUT2D eigenvalue weighted by Crippen LogP contribution is 2.35. The van der Waals surface area contributed by atoms with Gasteiger partial charge in [-0.05, 0) is 42.5 Å². The van der Waals surface area contributed by atoms with Crippen LogP contribution in [0.4, 0.5) is 0 Å². The van der Waals surface area contributed by atoms with Crippen molar-refractivity contribution in [1.82, 2.24) is 5.43 Å². The second-order valence-corrected chi connectivity index (χ2v) is 7.29. The average molecular weight is 349 g/mol. The molecule has 1 amide bonds. The van der Waals surface area contributed by atoms with Crippen LogP contribution in [0.15, 0.2) is 34.7 Å². The minimum Gasteiger partial charge on any atom is -0.266 e. The summed E-state index contributed by atoms with van der Waals surface area (Å²) in [6.45, 7) is 4.02. The zero-order chi connectivity index (χ0) is 15.7. The first kappa shape index (κ1) is 15.2. The quantitative estimate of drug-likeness (QED) is 0.525. The molecule has 2 aromatic heterocycles. The van der Waals surface area contributed by atoms with Crippen LogP contribution in [0, 0.1) is 13.8 Å². The summed E-state index contributed by atoms with van der Waals surface area (Å²) < 4.78 is 1.01. The van der Waals surface area contributed by atoms with Crippen LogP contribution >= 0.6 is 34.3 Å². The Hall–Kier alpha value is -1.69. The number of aryl methyl sites for hydroxylation is 2. The maximum atomic E-state index is 12.2. The molecule has 0 saturated heterocycles. The Morgan fingerprint density at radius 2 is 2.14 bits per heavy atom. The van der Waals surface area contributed by atoms with Crippen LogP contribution in [0.3, 0.4) is 0 Å². The minimum atomic E-state index is -0.283. The number of nitrogens with one attached hydrogen (secondary N) is 1. The van der Waals surface area contributed by atoms with Gasteiger partial charge in [0.2, 0.25) is 0 Å². The van der Waals surface area contributed by atoms with Gasteiger partial charge in [0, 0.05) is 15.0 Å². The van der Waals surface area contributed by atoms with E-state index in [0.29, 0.717) is 9.90 Å². The minimum absolute atomic E-state index is 0.283. The number of rotatable bonds is 3. The standard InChI is InChI=1S/C16H13ClN2OS2/c1-9-3-4-11-12(7-9)22-15(14(11)17)16(20)19-18-8-13-10(2)5-6-21-13/h3-8H,1-2H3,(H,19,20)/b18-8-. The fourth-order valence-electron chi connectivity index (χ4n) is 2.04. The van der Waals surface area contributed by atoms with Gasteiger partial charge in [0.05, 0.1) is 11.2 Å². The third-order valence-electron chi connectivity index (χ3n) is 3.24. The van der Waals surface area contributed by atoms with E-state index in [1.165, 1.54) is 11.3 Å². The van der Waals surface area contributed by atoms with Crippen LogP contribution in [0.5, 0.6) is 0 Å². The normalized spacial score (nSPS) is 11.4. The van der Waals surface area contributed by atoms with Crippen LogP contribution in [-0.4, -0.2) is 12.1 Å². The van der Waals surface area contributed by atoms with Gasteiger partial charge in [-0.25, -0.2) is 5.43 Å². The van der Waals surface area contributed by atoms with Crippen molar-refractivity contribution in [2.24, 2.45) is 5.10 Å². The molecular weight excluding hydrogens is 336 g/mol. The number of halogens is 1. The summed E-state index contributed by atoms with van der Waals surface area (Å²) in [6, 6.07) is 7.97. The van der Waals surface area contributed by atoms with E-state index in [0.717, 1.165) is 26.1 Å². The van der Waals surface area contributed by atoms with Gasteiger partial charge in [-0.2, -0.15) is 5.10 Å². The molecule has 1 aromatic carbocycles. The Bertz CT molecular complexity index is 880. The first-order valence-corrected chi connectivity index (χ1v) is 8.70. The number of hydrogen-bond acceptors (Lipinski definition) is 4. The second-order valence-electron chi connectivity index (χ2n) is 4.91. The summed E-state index contributed by atoms with van der Waals surface area (Å²) in [5, 5.41) is 7.39. The fraction of sp³-hybridized carbons (Fsp3) is 0.125. The lowest BCUT2D eigenvalue weighted by atomic mass is 10.2. The molecule has 3 rings (SSSR count). The van der Waals surface area contributed by atoms with Crippen molar-refractivity contribution in [3.63, 3.8) is 0 Å². The van der Waals surface area contributed by atoms with E-state index >= 15 is 0 Å². The molecule has 0 aliphatic heterocycles. The van der Waals surface area contributed by atoms with Crippen molar-refractivity contribution in [3.05, 3.63) is 55.5 Å². The summed E-state index contributed by atoms with van der Waals surface area (Å²) in [4.78, 5) is 13.8. The van der Waals surface area contributed by atoms with Crippen molar-refractivity contribution in [3.8, 4) is 0 Å². The number of fused-ring (bicyclic) bond motifs is 1. The lowest BCUT2D eigenvalue weighted by molar-refractivity contribution is 0.0959. The van der Waals surface area contributed by atoms with Gasteiger partial charge in [0.1, 0.15) is 4.88 Å². The zero-order valence-electron chi connectivity index (χ0n) is 12.0. The van der Waals surface area contributed by atoms with Gasteiger partial charge in [0.25, 0.3) is 5.91 Å². The molecule has 22 heavy (non-hydrogen) atoms. The lowest BCUT2D eigenvalue weighted by Gasteiger charge is -1.97. The van der Waals surface area contributed by atoms with E-state index in [-0.39, 0.29) is 5.91 Å². The Morgan fingerprint density at radius 1 is 1.32 bits per heavy atom. The number of hydrogen-bond donors (Lipinski definition) is 1. The smallest absolute Gasteiger partial charge is 0.266 e. The third-order valence-corrected chi connectivity index (χ3v) is 5.85. The predicted octanol–water partition coefficient (Wildman–Crippen LogP) is 5.00. The molecule has 0 aliphatic rings. The van der Waals surface area contributed by atoms with Gasteiger partial charge in [-0.3, -0.25) is 4.79 Å². The molecule has 1 N–H and O–H groups in total. The highest BCUT2D eigenvalue weighted by Gasteiger charge is 2.16. The van der Waals surface area contributed by atoms with Crippen LogP contribution < -0.4 is 5.43 Å². The fourth-order valence-corrected chi connectivity index (χ4v) is 4.33. The Balaban J connectivity index is 1.82. The number of carbonyl (C=O) groups is 1. The SMILES string of the molecule is Cc1ccc2c(Cl)c(C(=O)N/N=C\c3sccc3C)sc2c1. The van der Waals surface area contributed by atoms with E-state index in [1.807, 2.05) is 43.5 Å². The molecule has 0 radical (unpaired) electrons. The first-order chi connectivity index (χ1) is 10.6. The van der Waals surface area contributed by atoms with Crippen molar-refractivity contribution in [2.75, 3.05) is 0 Å². The number of thiophene rings is 2. The van der Waals surface area contributed by atoms with Crippen LogP contribution in [0.2, 0.25) is 5.02 Å². The van der Waals surface area contributed by atoms with Gasteiger partial charge in [-0.1, -0.05) is 23.7 Å². The number of amides is 1. The van der Waals surface area contributed by atoms with Crippen LogP contribution in [0.25, 0.3) is 10.1 Å². The Kier molecular flexibility index (Phi) is 4.29. The summed E-state index contributed by atoms with van der Waals surface area (Å²) >= 11 is 9.27. The number of hydrazone groups is 1. The summed E-state index contributed by atoms with van der Waals surface area (Å²) in [6.07, 6.45) is 1.66. The van der Waals surface area contributed by atoms with Gasteiger partial charge in [0.15, 0.2) is 0 Å². The van der Waals surface area contributed by atoms with Crippen molar-refractivity contribution in [2.45, 2.75) is 13.8 Å². The Labute approximate surface area is 141 Å². The van der Waals surface area contributed by atoms with Gasteiger partial charge < -0.3 is 0 Å². The second kappa shape index (κ2) is 6.20. The van der Waals surface area contributed by atoms with Crippen LogP contribution in [0.1, 0.15) is 25.7 Å². The monoisotopic (exact) mass is 348 g/mol. The maximum absolute atomic E-state index is 12.2. The third kappa shape index (κ3) is 2.92. The molecular formula is C16H13ClN2OS2. The molecule has 6 heteroatoms. The van der Waals surface area contributed by atoms with Gasteiger partial charge >= 0.3 is 0 Å². The first-order valence-electron chi connectivity index (χ1n) is 6.62. The molecule has 0 saturated carbocycles. The molecule has 0 aliphatic carbocycles. The molecule has 0 fully saturated rings. The topological polar surface area (TPSA) is 41.5 Å².